The molecule has 0 aromatic heterocycles. The van der Waals surface area contributed by atoms with Crippen LogP contribution in [0.2, 0.25) is 0 Å². The van der Waals surface area contributed by atoms with Gasteiger partial charge in [-0.1, -0.05) is 25.2 Å². The standard InChI is InChI=1S/C10H15N3/c1-4-8(2)5-6-9-10(11-3)13-7-12-9/h6-7H,2,4-5H2,1,3H3,(H,11,12,13)/b9-6+. The minimum Gasteiger partial charge on any atom is -0.343 e. The molecule has 0 amide bonds. The molecule has 0 aromatic rings. The second-order valence-corrected chi connectivity index (χ2v) is 2.88. The molecule has 0 spiro atoms. The molecule has 0 bridgehead atoms. The average molecular weight is 177 g/mol. The minimum absolute atomic E-state index is 0.768. The molecule has 1 aliphatic heterocycles. The van der Waals surface area contributed by atoms with Crippen molar-refractivity contribution in [3.05, 3.63) is 23.9 Å². The Morgan fingerprint density at radius 2 is 2.54 bits per heavy atom. The monoisotopic (exact) mass is 177 g/mol. The lowest BCUT2D eigenvalue weighted by atomic mass is 10.1. The van der Waals surface area contributed by atoms with Crippen LogP contribution >= 0.6 is 0 Å². The number of amidine groups is 1. The Bertz CT molecular complexity index is 285. The van der Waals surface area contributed by atoms with Gasteiger partial charge in [0.25, 0.3) is 0 Å². The number of hydrogen-bond donors (Lipinski definition) is 1. The maximum atomic E-state index is 4.06. The van der Waals surface area contributed by atoms with Crippen molar-refractivity contribution in [2.24, 2.45) is 9.98 Å². The molecular weight excluding hydrogens is 162 g/mol. The quantitative estimate of drug-likeness (QED) is 0.657. The molecular formula is C10H15N3. The first-order valence-electron chi connectivity index (χ1n) is 4.41. The fraction of sp³-hybridized carbons (Fsp3) is 0.400. The summed E-state index contributed by atoms with van der Waals surface area (Å²) in [6.45, 7) is 6.04. The molecule has 0 fully saturated rings. The highest BCUT2D eigenvalue weighted by molar-refractivity contribution is 6.07. The van der Waals surface area contributed by atoms with E-state index in [2.05, 4.69) is 34.9 Å². The van der Waals surface area contributed by atoms with Crippen LogP contribution in [0.4, 0.5) is 0 Å². The summed E-state index contributed by atoms with van der Waals surface area (Å²) in [7, 11) is 1.74. The normalized spacial score (nSPS) is 21.1. The second kappa shape index (κ2) is 4.60. The Hall–Kier alpha value is -1.38. The van der Waals surface area contributed by atoms with Crippen molar-refractivity contribution >= 4 is 12.2 Å². The molecule has 0 atom stereocenters. The molecule has 0 saturated heterocycles. The van der Waals surface area contributed by atoms with Crippen LogP contribution in [-0.4, -0.2) is 19.2 Å². The number of nitrogens with one attached hydrogen (secondary N) is 1. The van der Waals surface area contributed by atoms with Gasteiger partial charge in [0.05, 0.1) is 12.0 Å². The van der Waals surface area contributed by atoms with Gasteiger partial charge in [-0.25, -0.2) is 4.99 Å². The Labute approximate surface area is 79.0 Å². The first-order chi connectivity index (χ1) is 6.27. The Kier molecular flexibility index (Phi) is 3.43. The maximum absolute atomic E-state index is 4.06. The lowest BCUT2D eigenvalue weighted by molar-refractivity contribution is 1.03. The van der Waals surface area contributed by atoms with Gasteiger partial charge in [0, 0.05) is 7.05 Å². The molecule has 3 heteroatoms. The molecule has 0 saturated carbocycles. The molecule has 0 radical (unpaired) electrons. The van der Waals surface area contributed by atoms with Gasteiger partial charge >= 0.3 is 0 Å². The number of nitrogens with zero attached hydrogens (tertiary/aromatic N) is 2. The summed E-state index contributed by atoms with van der Waals surface area (Å²) < 4.78 is 0. The SMILES string of the molecule is C=C(CC)C/C=C1/NC=NC1=NC. The van der Waals surface area contributed by atoms with Gasteiger partial charge in [-0.15, -0.1) is 0 Å². The fourth-order valence-electron chi connectivity index (χ4n) is 1.02. The highest BCUT2D eigenvalue weighted by Crippen LogP contribution is 2.08. The van der Waals surface area contributed by atoms with Gasteiger partial charge < -0.3 is 5.32 Å². The van der Waals surface area contributed by atoms with Crippen molar-refractivity contribution in [3.63, 3.8) is 0 Å². The van der Waals surface area contributed by atoms with Crippen LogP contribution in [0.3, 0.4) is 0 Å². The summed E-state index contributed by atoms with van der Waals surface area (Å²) in [5.74, 6) is 0.768. The predicted octanol–water partition coefficient (Wildman–Crippen LogP) is 1.89. The van der Waals surface area contributed by atoms with E-state index in [-0.39, 0.29) is 0 Å². The van der Waals surface area contributed by atoms with Crippen molar-refractivity contribution in [2.45, 2.75) is 19.8 Å². The van der Waals surface area contributed by atoms with Gasteiger partial charge in [0.1, 0.15) is 0 Å². The summed E-state index contributed by atoms with van der Waals surface area (Å²) in [6.07, 6.45) is 5.63. The van der Waals surface area contributed by atoms with Crippen molar-refractivity contribution < 1.29 is 0 Å². The van der Waals surface area contributed by atoms with Gasteiger partial charge in [0.2, 0.25) is 0 Å². The molecule has 0 unspecified atom stereocenters. The van der Waals surface area contributed by atoms with E-state index in [4.69, 9.17) is 0 Å². The average Bonchev–Trinajstić information content (AvgIpc) is 2.61. The van der Waals surface area contributed by atoms with Crippen LogP contribution < -0.4 is 5.32 Å². The van der Waals surface area contributed by atoms with Crippen LogP contribution in [0, 0.1) is 0 Å². The lowest BCUT2D eigenvalue weighted by Gasteiger charge is -1.99. The lowest BCUT2D eigenvalue weighted by Crippen LogP contribution is -2.08. The molecule has 70 valence electrons. The van der Waals surface area contributed by atoms with Crippen LogP contribution in [0.25, 0.3) is 0 Å². The summed E-state index contributed by atoms with van der Waals surface area (Å²) in [4.78, 5) is 8.09. The second-order valence-electron chi connectivity index (χ2n) is 2.88. The van der Waals surface area contributed by atoms with Crippen LogP contribution in [0.15, 0.2) is 33.9 Å². The van der Waals surface area contributed by atoms with E-state index in [0.29, 0.717) is 0 Å². The minimum atomic E-state index is 0.768. The highest BCUT2D eigenvalue weighted by Gasteiger charge is 2.07. The van der Waals surface area contributed by atoms with E-state index in [1.165, 1.54) is 5.57 Å². The van der Waals surface area contributed by atoms with E-state index in [0.717, 1.165) is 24.4 Å². The maximum Gasteiger partial charge on any atom is 0.172 e. The third kappa shape index (κ3) is 2.54. The first-order valence-corrected chi connectivity index (χ1v) is 4.41. The smallest absolute Gasteiger partial charge is 0.172 e. The molecule has 13 heavy (non-hydrogen) atoms. The third-order valence-electron chi connectivity index (χ3n) is 1.95. The molecule has 1 N–H and O–H groups in total. The largest absolute Gasteiger partial charge is 0.343 e. The topological polar surface area (TPSA) is 36.8 Å². The van der Waals surface area contributed by atoms with Gasteiger partial charge in [-0.2, -0.15) is 0 Å². The van der Waals surface area contributed by atoms with Crippen molar-refractivity contribution in [2.75, 3.05) is 7.05 Å². The van der Waals surface area contributed by atoms with Gasteiger partial charge in [0.15, 0.2) is 5.84 Å². The van der Waals surface area contributed by atoms with E-state index in [9.17, 15) is 0 Å². The van der Waals surface area contributed by atoms with E-state index in [1.54, 1.807) is 13.4 Å². The number of allylic oxidation sites excluding steroid dienone is 2. The van der Waals surface area contributed by atoms with E-state index in [1.807, 2.05) is 0 Å². The predicted molar refractivity (Wildman–Crippen MR) is 57.1 cm³/mol. The van der Waals surface area contributed by atoms with Crippen molar-refractivity contribution in [1.29, 1.82) is 0 Å². The summed E-state index contributed by atoms with van der Waals surface area (Å²) in [6, 6.07) is 0. The fourth-order valence-corrected chi connectivity index (χ4v) is 1.02. The van der Waals surface area contributed by atoms with E-state index < -0.39 is 0 Å². The molecule has 0 aliphatic carbocycles. The first kappa shape index (κ1) is 9.71. The molecule has 1 heterocycles. The third-order valence-corrected chi connectivity index (χ3v) is 1.95. The summed E-state index contributed by atoms with van der Waals surface area (Å²) in [5.41, 5.74) is 2.20. The van der Waals surface area contributed by atoms with Crippen LogP contribution in [0.5, 0.6) is 0 Å². The van der Waals surface area contributed by atoms with Gasteiger partial charge in [-0.05, 0) is 12.8 Å². The highest BCUT2D eigenvalue weighted by atomic mass is 15.1. The molecule has 0 aromatic carbocycles. The Morgan fingerprint density at radius 3 is 3.15 bits per heavy atom. The van der Waals surface area contributed by atoms with Crippen molar-refractivity contribution in [3.8, 4) is 0 Å². The molecule has 1 aliphatic rings. The zero-order valence-electron chi connectivity index (χ0n) is 8.17. The molecule has 1 rings (SSSR count). The number of aliphatic imine (C=N–C) groups is 2. The van der Waals surface area contributed by atoms with E-state index >= 15 is 0 Å². The summed E-state index contributed by atoms with van der Waals surface area (Å²) >= 11 is 0. The zero-order valence-corrected chi connectivity index (χ0v) is 8.17. The molecule has 3 nitrogen and oxygen atoms in total. The number of hydrogen-bond acceptors (Lipinski definition) is 2. The summed E-state index contributed by atoms with van der Waals surface area (Å²) in [5, 5.41) is 3.03. The number of rotatable bonds is 3. The van der Waals surface area contributed by atoms with Crippen molar-refractivity contribution in [1.82, 2.24) is 5.32 Å². The van der Waals surface area contributed by atoms with Crippen LogP contribution in [-0.2, 0) is 0 Å². The Morgan fingerprint density at radius 1 is 1.77 bits per heavy atom. The Balaban J connectivity index is 2.58. The van der Waals surface area contributed by atoms with Gasteiger partial charge in [-0.3, -0.25) is 4.99 Å². The zero-order chi connectivity index (χ0) is 9.68. The van der Waals surface area contributed by atoms with Crippen LogP contribution in [0.1, 0.15) is 19.8 Å².